The van der Waals surface area contributed by atoms with Crippen LogP contribution in [0.2, 0.25) is 0 Å². The predicted molar refractivity (Wildman–Crippen MR) is 86.9 cm³/mol. The van der Waals surface area contributed by atoms with Crippen LogP contribution in [0.5, 0.6) is 0 Å². The van der Waals surface area contributed by atoms with E-state index in [9.17, 15) is 26.7 Å². The van der Waals surface area contributed by atoms with Crippen molar-refractivity contribution in [1.29, 1.82) is 5.26 Å². The average molecular weight is 376 g/mol. The number of aliphatic hydroxyl groups is 1. The van der Waals surface area contributed by atoms with E-state index < -0.39 is 50.5 Å². The van der Waals surface area contributed by atoms with E-state index in [4.69, 9.17) is 5.26 Å². The Morgan fingerprint density at radius 1 is 1.36 bits per heavy atom. The van der Waals surface area contributed by atoms with E-state index in [1.54, 1.807) is 13.0 Å². The summed E-state index contributed by atoms with van der Waals surface area (Å²) in [7, 11) is -3.49. The third-order valence-corrected chi connectivity index (χ3v) is 6.44. The number of nitrogens with one attached hydrogen (secondary N) is 1. The second-order valence-corrected chi connectivity index (χ2v) is 8.89. The molecule has 0 radical (unpaired) electrons. The highest BCUT2D eigenvalue weighted by Gasteiger charge is 2.45. The maximum absolute atomic E-state index is 13.1. The molecule has 0 bridgehead atoms. The SMILES string of the molecule is CCS(=O)(=O)CC(C)(O)C1Nc2cc(C(F)(F)F)c(C#N)cc2C1C. The maximum Gasteiger partial charge on any atom is 0.417 e. The Bertz CT molecular complexity index is 826. The molecule has 0 saturated carbocycles. The molecule has 3 unspecified atom stereocenters. The topological polar surface area (TPSA) is 90.2 Å². The first-order chi connectivity index (χ1) is 11.3. The lowest BCUT2D eigenvalue weighted by Crippen LogP contribution is -2.50. The molecule has 0 aromatic heterocycles. The quantitative estimate of drug-likeness (QED) is 0.843. The van der Waals surface area contributed by atoms with Crippen LogP contribution in [0.25, 0.3) is 0 Å². The monoisotopic (exact) mass is 376 g/mol. The Balaban J connectivity index is 2.45. The zero-order chi connectivity index (χ0) is 19.2. The minimum absolute atomic E-state index is 0.145. The van der Waals surface area contributed by atoms with Gasteiger partial charge in [0.25, 0.3) is 0 Å². The van der Waals surface area contributed by atoms with Crippen molar-refractivity contribution in [1.82, 2.24) is 0 Å². The number of anilines is 1. The zero-order valence-corrected chi connectivity index (χ0v) is 14.8. The molecule has 0 amide bonds. The van der Waals surface area contributed by atoms with Crippen molar-refractivity contribution in [2.75, 3.05) is 16.8 Å². The molecule has 2 rings (SSSR count). The van der Waals surface area contributed by atoms with Crippen LogP contribution in [-0.4, -0.2) is 36.7 Å². The molecule has 0 saturated heterocycles. The van der Waals surface area contributed by atoms with Crippen LogP contribution in [0.3, 0.4) is 0 Å². The van der Waals surface area contributed by atoms with Crippen LogP contribution in [0.15, 0.2) is 12.1 Å². The first kappa shape index (κ1) is 19.5. The van der Waals surface area contributed by atoms with Gasteiger partial charge in [-0.3, -0.25) is 0 Å². The highest BCUT2D eigenvalue weighted by atomic mass is 32.2. The second kappa shape index (κ2) is 6.18. The Hall–Kier alpha value is -1.79. The van der Waals surface area contributed by atoms with Gasteiger partial charge in [0.15, 0.2) is 9.84 Å². The van der Waals surface area contributed by atoms with Crippen molar-refractivity contribution in [3.8, 4) is 6.07 Å². The fourth-order valence-corrected chi connectivity index (χ4v) is 4.52. The first-order valence-corrected chi connectivity index (χ1v) is 9.49. The standard InChI is InChI=1S/C16H19F3N2O3S/c1-4-25(23,24)8-15(3,22)14-9(2)11-5-10(7-20)12(16(17,18)19)6-13(11)21-14/h5-6,9,14,21-22H,4,8H2,1-3H3. The van der Waals surface area contributed by atoms with E-state index in [2.05, 4.69) is 5.32 Å². The summed E-state index contributed by atoms with van der Waals surface area (Å²) in [4.78, 5) is 0. The minimum Gasteiger partial charge on any atom is -0.387 e. The Kier molecular flexibility index (Phi) is 4.83. The summed E-state index contributed by atoms with van der Waals surface area (Å²) >= 11 is 0. The molecule has 1 aromatic carbocycles. The van der Waals surface area contributed by atoms with Crippen molar-refractivity contribution in [3.05, 3.63) is 28.8 Å². The molecule has 3 atom stereocenters. The van der Waals surface area contributed by atoms with Crippen molar-refractivity contribution < 1.29 is 26.7 Å². The number of halogens is 3. The summed E-state index contributed by atoms with van der Waals surface area (Å²) in [5.41, 5.74) is -2.64. The number of fused-ring (bicyclic) bond motifs is 1. The highest BCUT2D eigenvalue weighted by molar-refractivity contribution is 7.91. The van der Waals surface area contributed by atoms with Crippen molar-refractivity contribution in [2.24, 2.45) is 0 Å². The maximum atomic E-state index is 13.1. The fraction of sp³-hybridized carbons (Fsp3) is 0.562. The largest absolute Gasteiger partial charge is 0.417 e. The Labute approximate surface area is 144 Å². The lowest BCUT2D eigenvalue weighted by atomic mass is 9.86. The van der Waals surface area contributed by atoms with E-state index in [1.807, 2.05) is 0 Å². The molecule has 1 aromatic rings. The molecule has 25 heavy (non-hydrogen) atoms. The van der Waals surface area contributed by atoms with E-state index >= 15 is 0 Å². The van der Waals surface area contributed by atoms with Gasteiger partial charge in [0, 0.05) is 17.4 Å². The van der Waals surface area contributed by atoms with Gasteiger partial charge in [0.05, 0.1) is 34.6 Å². The zero-order valence-electron chi connectivity index (χ0n) is 14.0. The van der Waals surface area contributed by atoms with Gasteiger partial charge in [-0.05, 0) is 24.6 Å². The molecular weight excluding hydrogens is 357 g/mol. The summed E-state index contributed by atoms with van der Waals surface area (Å²) in [5.74, 6) is -1.12. The van der Waals surface area contributed by atoms with Crippen LogP contribution in [0.1, 0.15) is 43.4 Å². The van der Waals surface area contributed by atoms with E-state index in [-0.39, 0.29) is 11.4 Å². The van der Waals surface area contributed by atoms with Gasteiger partial charge in [-0.15, -0.1) is 0 Å². The van der Waals surface area contributed by atoms with Gasteiger partial charge in [0.1, 0.15) is 0 Å². The lowest BCUT2D eigenvalue weighted by Gasteiger charge is -2.33. The highest BCUT2D eigenvalue weighted by Crippen LogP contribution is 2.44. The minimum atomic E-state index is -4.68. The van der Waals surface area contributed by atoms with Crippen molar-refractivity contribution >= 4 is 15.5 Å². The number of hydrogen-bond acceptors (Lipinski definition) is 5. The van der Waals surface area contributed by atoms with Gasteiger partial charge in [-0.25, -0.2) is 8.42 Å². The summed E-state index contributed by atoms with van der Waals surface area (Å²) in [5, 5.41) is 22.5. The molecule has 0 spiro atoms. The molecule has 1 aliphatic heterocycles. The van der Waals surface area contributed by atoms with Gasteiger partial charge in [-0.1, -0.05) is 13.8 Å². The van der Waals surface area contributed by atoms with Crippen LogP contribution >= 0.6 is 0 Å². The van der Waals surface area contributed by atoms with Crippen LogP contribution < -0.4 is 5.32 Å². The summed E-state index contributed by atoms with van der Waals surface area (Å²) in [6.45, 7) is 4.47. The normalized spacial score (nSPS) is 22.6. The third-order valence-electron chi connectivity index (χ3n) is 4.54. The van der Waals surface area contributed by atoms with Gasteiger partial charge in [0.2, 0.25) is 0 Å². The van der Waals surface area contributed by atoms with Crippen molar-refractivity contribution in [3.63, 3.8) is 0 Å². The fourth-order valence-electron chi connectivity index (χ4n) is 3.25. The molecule has 0 aliphatic carbocycles. The third kappa shape index (κ3) is 3.75. The molecule has 1 aliphatic rings. The number of nitrogens with zero attached hydrogens (tertiary/aromatic N) is 1. The number of hydrogen-bond donors (Lipinski definition) is 2. The summed E-state index contributed by atoms with van der Waals surface area (Å²) < 4.78 is 63.0. The molecule has 5 nitrogen and oxygen atoms in total. The summed E-state index contributed by atoms with van der Waals surface area (Å²) in [6, 6.07) is 2.75. The molecule has 0 fully saturated rings. The smallest absolute Gasteiger partial charge is 0.387 e. The van der Waals surface area contributed by atoms with Crippen LogP contribution in [0, 0.1) is 11.3 Å². The predicted octanol–water partition coefficient (Wildman–Crippen LogP) is 2.66. The molecule has 138 valence electrons. The average Bonchev–Trinajstić information content (AvgIpc) is 2.81. The second-order valence-electron chi connectivity index (χ2n) is 6.54. The van der Waals surface area contributed by atoms with Gasteiger partial charge in [-0.2, -0.15) is 18.4 Å². The van der Waals surface area contributed by atoms with Crippen molar-refractivity contribution in [2.45, 2.75) is 44.5 Å². The lowest BCUT2D eigenvalue weighted by molar-refractivity contribution is -0.137. The molecule has 2 N–H and O–H groups in total. The number of alkyl halides is 3. The number of sulfone groups is 1. The van der Waals surface area contributed by atoms with Crippen LogP contribution in [0.4, 0.5) is 18.9 Å². The van der Waals surface area contributed by atoms with Crippen LogP contribution in [-0.2, 0) is 16.0 Å². The van der Waals surface area contributed by atoms with E-state index in [0.29, 0.717) is 5.56 Å². The summed E-state index contributed by atoms with van der Waals surface area (Å²) in [6.07, 6.45) is -4.68. The first-order valence-electron chi connectivity index (χ1n) is 7.67. The molecule has 1 heterocycles. The van der Waals surface area contributed by atoms with E-state index in [1.165, 1.54) is 13.8 Å². The van der Waals surface area contributed by atoms with Gasteiger partial charge >= 0.3 is 6.18 Å². The number of nitriles is 1. The van der Waals surface area contributed by atoms with Gasteiger partial charge < -0.3 is 10.4 Å². The number of rotatable bonds is 4. The Morgan fingerprint density at radius 3 is 2.44 bits per heavy atom. The molecule has 9 heteroatoms. The van der Waals surface area contributed by atoms with E-state index in [0.717, 1.165) is 12.1 Å². The Morgan fingerprint density at radius 2 is 1.96 bits per heavy atom. The molecular formula is C16H19F3N2O3S. The number of benzene rings is 1.